The number of hydrogen-bond acceptors (Lipinski definition) is 4. The van der Waals surface area contributed by atoms with Crippen LogP contribution in [0.5, 0.6) is 0 Å². The Morgan fingerprint density at radius 2 is 2.00 bits per heavy atom. The van der Waals surface area contributed by atoms with Gasteiger partial charge in [-0.05, 0) is 25.1 Å². The van der Waals surface area contributed by atoms with Crippen LogP contribution in [0.2, 0.25) is 0 Å². The van der Waals surface area contributed by atoms with Gasteiger partial charge < -0.3 is 5.32 Å². The minimum absolute atomic E-state index is 0.0556. The Labute approximate surface area is 140 Å². The summed E-state index contributed by atoms with van der Waals surface area (Å²) in [4.78, 5) is 9.14. The summed E-state index contributed by atoms with van der Waals surface area (Å²) in [5.41, 5.74) is 4.71. The van der Waals surface area contributed by atoms with E-state index in [0.29, 0.717) is 21.6 Å². The standard InChI is InChI=1S/C18H20FN5/c1-11-17-16(24(19)23-11)7-6-15(22-17)13-8-14(10-20-9-13)21-12(2)18(3,4)5/h6-10,21H,2H2,1,3-5H3. The zero-order chi connectivity index (χ0) is 17.5. The van der Waals surface area contributed by atoms with Gasteiger partial charge >= 0.3 is 0 Å². The Morgan fingerprint density at radius 3 is 2.71 bits per heavy atom. The summed E-state index contributed by atoms with van der Waals surface area (Å²) < 4.78 is 13.6. The lowest BCUT2D eigenvalue weighted by Gasteiger charge is -2.23. The first kappa shape index (κ1) is 16.1. The molecule has 0 aromatic carbocycles. The van der Waals surface area contributed by atoms with Crippen LogP contribution in [0.3, 0.4) is 0 Å². The number of allylic oxidation sites excluding steroid dienone is 1. The highest BCUT2D eigenvalue weighted by molar-refractivity contribution is 5.80. The molecule has 0 amide bonds. The van der Waals surface area contributed by atoms with Crippen molar-refractivity contribution in [2.24, 2.45) is 5.41 Å². The van der Waals surface area contributed by atoms with Gasteiger partial charge in [0.1, 0.15) is 11.0 Å². The number of anilines is 1. The van der Waals surface area contributed by atoms with E-state index in [9.17, 15) is 4.48 Å². The lowest BCUT2D eigenvalue weighted by molar-refractivity contribution is 0.330. The summed E-state index contributed by atoms with van der Waals surface area (Å²) >= 11 is 0. The molecule has 0 bridgehead atoms. The SMILES string of the molecule is C=C(Nc1cncc(-c2ccc3c(n2)c(C)nn3F)c1)C(C)(C)C. The van der Waals surface area contributed by atoms with Crippen molar-refractivity contribution in [3.05, 3.63) is 48.6 Å². The van der Waals surface area contributed by atoms with Crippen molar-refractivity contribution in [3.63, 3.8) is 0 Å². The van der Waals surface area contributed by atoms with Crippen molar-refractivity contribution in [3.8, 4) is 11.3 Å². The fourth-order valence-electron chi connectivity index (χ4n) is 2.27. The first-order chi connectivity index (χ1) is 11.3. The molecule has 0 saturated carbocycles. The first-order valence-corrected chi connectivity index (χ1v) is 7.70. The summed E-state index contributed by atoms with van der Waals surface area (Å²) in [5.74, 6) is 0. The van der Waals surface area contributed by atoms with E-state index >= 15 is 0 Å². The number of rotatable bonds is 3. The highest BCUT2D eigenvalue weighted by atomic mass is 19.2. The lowest BCUT2D eigenvalue weighted by atomic mass is 9.93. The van der Waals surface area contributed by atoms with Gasteiger partial charge in [0, 0.05) is 22.9 Å². The predicted molar refractivity (Wildman–Crippen MR) is 94.2 cm³/mol. The van der Waals surface area contributed by atoms with Gasteiger partial charge in [-0.3, -0.25) is 4.98 Å². The number of aryl methyl sites for hydroxylation is 1. The van der Waals surface area contributed by atoms with E-state index in [1.165, 1.54) is 0 Å². The highest BCUT2D eigenvalue weighted by Crippen LogP contribution is 2.28. The quantitative estimate of drug-likeness (QED) is 0.770. The Bertz CT molecular complexity index is 921. The monoisotopic (exact) mass is 325 g/mol. The maximum Gasteiger partial charge on any atom is 0.123 e. The molecule has 0 radical (unpaired) electrons. The van der Waals surface area contributed by atoms with Gasteiger partial charge in [0.15, 0.2) is 0 Å². The normalized spacial score (nSPS) is 11.7. The number of fused-ring (bicyclic) bond motifs is 1. The molecule has 3 aromatic heterocycles. The molecule has 0 saturated heterocycles. The summed E-state index contributed by atoms with van der Waals surface area (Å²) in [7, 11) is 0. The maximum atomic E-state index is 13.6. The van der Waals surface area contributed by atoms with Gasteiger partial charge in [-0.1, -0.05) is 36.7 Å². The van der Waals surface area contributed by atoms with Gasteiger partial charge in [0.2, 0.25) is 0 Å². The number of nitrogens with one attached hydrogen (secondary N) is 1. The molecular formula is C18H20FN5. The Kier molecular flexibility index (Phi) is 3.83. The summed E-state index contributed by atoms with van der Waals surface area (Å²) in [5, 5.41) is 7.04. The van der Waals surface area contributed by atoms with E-state index in [4.69, 9.17) is 0 Å². The third-order valence-electron chi connectivity index (χ3n) is 3.89. The summed E-state index contributed by atoms with van der Waals surface area (Å²) in [6.07, 6.45) is 3.47. The second-order valence-electron chi connectivity index (χ2n) is 6.83. The molecule has 0 fully saturated rings. The molecule has 0 spiro atoms. The zero-order valence-corrected chi connectivity index (χ0v) is 14.3. The number of hydrogen-bond donors (Lipinski definition) is 1. The fraction of sp³-hybridized carbons (Fsp3) is 0.278. The van der Waals surface area contributed by atoms with Crippen LogP contribution in [0.15, 0.2) is 42.9 Å². The Morgan fingerprint density at radius 1 is 1.25 bits per heavy atom. The molecule has 124 valence electrons. The van der Waals surface area contributed by atoms with E-state index < -0.39 is 0 Å². The van der Waals surface area contributed by atoms with Crippen molar-refractivity contribution < 1.29 is 4.48 Å². The van der Waals surface area contributed by atoms with Crippen molar-refractivity contribution >= 4 is 16.7 Å². The average Bonchev–Trinajstić information content (AvgIpc) is 2.81. The van der Waals surface area contributed by atoms with Crippen LogP contribution in [0, 0.1) is 12.3 Å². The van der Waals surface area contributed by atoms with E-state index in [-0.39, 0.29) is 5.41 Å². The average molecular weight is 325 g/mol. The molecular weight excluding hydrogens is 305 g/mol. The van der Waals surface area contributed by atoms with Gasteiger partial charge in [0.25, 0.3) is 0 Å². The van der Waals surface area contributed by atoms with Crippen LogP contribution in [0.25, 0.3) is 22.3 Å². The van der Waals surface area contributed by atoms with Gasteiger partial charge in [-0.2, -0.15) is 0 Å². The topological polar surface area (TPSA) is 55.6 Å². The zero-order valence-electron chi connectivity index (χ0n) is 14.3. The Balaban J connectivity index is 1.97. The third-order valence-corrected chi connectivity index (χ3v) is 3.89. The molecule has 0 aliphatic heterocycles. The molecule has 0 unspecified atom stereocenters. The molecule has 24 heavy (non-hydrogen) atoms. The summed E-state index contributed by atoms with van der Waals surface area (Å²) in [6, 6.07) is 5.39. The highest BCUT2D eigenvalue weighted by Gasteiger charge is 2.15. The first-order valence-electron chi connectivity index (χ1n) is 7.70. The number of pyridine rings is 2. The van der Waals surface area contributed by atoms with Crippen LogP contribution in [-0.2, 0) is 0 Å². The largest absolute Gasteiger partial charge is 0.358 e. The van der Waals surface area contributed by atoms with E-state index in [1.807, 2.05) is 6.07 Å². The second kappa shape index (κ2) is 5.70. The van der Waals surface area contributed by atoms with Crippen LogP contribution < -0.4 is 5.32 Å². The van der Waals surface area contributed by atoms with Gasteiger partial charge in [-0.25, -0.2) is 4.98 Å². The number of nitrogens with zero attached hydrogens (tertiary/aromatic N) is 4. The molecule has 6 heteroatoms. The van der Waals surface area contributed by atoms with E-state index in [2.05, 4.69) is 47.7 Å². The smallest absolute Gasteiger partial charge is 0.123 e. The number of halogens is 1. The second-order valence-corrected chi connectivity index (χ2v) is 6.83. The summed E-state index contributed by atoms with van der Waals surface area (Å²) in [6.45, 7) is 12.1. The van der Waals surface area contributed by atoms with Crippen LogP contribution in [-0.4, -0.2) is 20.0 Å². The molecule has 0 aliphatic rings. The molecule has 1 N–H and O–H groups in total. The molecule has 5 nitrogen and oxygen atoms in total. The lowest BCUT2D eigenvalue weighted by Crippen LogP contribution is -2.15. The van der Waals surface area contributed by atoms with Crippen molar-refractivity contribution in [1.82, 2.24) is 20.0 Å². The van der Waals surface area contributed by atoms with Gasteiger partial charge in [0.05, 0.1) is 23.3 Å². The molecule has 3 aromatic rings. The molecule has 3 rings (SSSR count). The van der Waals surface area contributed by atoms with Crippen LogP contribution in [0.1, 0.15) is 26.5 Å². The minimum Gasteiger partial charge on any atom is -0.358 e. The molecule has 3 heterocycles. The number of aromatic nitrogens is 4. The van der Waals surface area contributed by atoms with Crippen molar-refractivity contribution in [2.75, 3.05) is 5.32 Å². The van der Waals surface area contributed by atoms with Crippen molar-refractivity contribution in [1.29, 1.82) is 0 Å². The Hall–Kier alpha value is -2.76. The van der Waals surface area contributed by atoms with E-state index in [1.54, 1.807) is 31.5 Å². The molecule has 0 atom stereocenters. The van der Waals surface area contributed by atoms with E-state index in [0.717, 1.165) is 22.6 Å². The molecule has 0 aliphatic carbocycles. The minimum atomic E-state index is -0.0556. The van der Waals surface area contributed by atoms with Crippen molar-refractivity contribution in [2.45, 2.75) is 27.7 Å². The van der Waals surface area contributed by atoms with Crippen LogP contribution >= 0.6 is 0 Å². The predicted octanol–water partition coefficient (Wildman–Crippen LogP) is 4.51. The van der Waals surface area contributed by atoms with Gasteiger partial charge in [-0.15, -0.1) is 5.10 Å². The maximum absolute atomic E-state index is 13.6. The fourth-order valence-corrected chi connectivity index (χ4v) is 2.27. The third kappa shape index (κ3) is 2.99. The van der Waals surface area contributed by atoms with Crippen LogP contribution in [0.4, 0.5) is 10.2 Å².